The zero-order chi connectivity index (χ0) is 15.1. The molecule has 2 aliphatic rings. The highest BCUT2D eigenvalue weighted by atomic mass is 16.2. The van der Waals surface area contributed by atoms with Gasteiger partial charge < -0.3 is 10.6 Å². The maximum absolute atomic E-state index is 12.2. The quantitative estimate of drug-likeness (QED) is 0.828. The molecule has 1 aliphatic heterocycles. The highest BCUT2D eigenvalue weighted by Gasteiger charge is 2.46. The van der Waals surface area contributed by atoms with Crippen LogP contribution in [0.2, 0.25) is 0 Å². The number of amidine groups is 1. The molecule has 0 unspecified atom stereocenters. The third kappa shape index (κ3) is 3.78. The number of carbonyl (C=O) groups is 1. The summed E-state index contributed by atoms with van der Waals surface area (Å²) in [4.78, 5) is 18.3. The molecule has 1 aliphatic carbocycles. The van der Waals surface area contributed by atoms with Crippen molar-refractivity contribution in [2.45, 2.75) is 89.5 Å². The Morgan fingerprint density at radius 1 is 1.00 bits per heavy atom. The van der Waals surface area contributed by atoms with Crippen molar-refractivity contribution in [1.82, 2.24) is 4.90 Å². The minimum atomic E-state index is -0.272. The topological polar surface area (TPSA) is 58.7 Å². The Hall–Kier alpha value is -1.06. The predicted molar refractivity (Wildman–Crippen MR) is 87.5 cm³/mol. The summed E-state index contributed by atoms with van der Waals surface area (Å²) in [7, 11) is 0. The molecule has 1 fully saturated rings. The molecule has 2 amide bonds. The molecule has 1 saturated carbocycles. The van der Waals surface area contributed by atoms with Crippen LogP contribution in [0.25, 0.3) is 0 Å². The van der Waals surface area contributed by atoms with Gasteiger partial charge in [-0.25, -0.2) is 4.79 Å². The predicted octanol–water partition coefficient (Wildman–Crippen LogP) is 4.23. The summed E-state index contributed by atoms with van der Waals surface area (Å²) < 4.78 is 0. The van der Waals surface area contributed by atoms with Gasteiger partial charge in [0.1, 0.15) is 11.4 Å². The van der Waals surface area contributed by atoms with Crippen molar-refractivity contribution in [1.29, 1.82) is 0 Å². The molecule has 0 bridgehead atoms. The molecule has 2 N–H and O–H groups in total. The van der Waals surface area contributed by atoms with E-state index in [1.807, 2.05) is 4.90 Å². The van der Waals surface area contributed by atoms with E-state index in [9.17, 15) is 4.79 Å². The molecule has 21 heavy (non-hydrogen) atoms. The van der Waals surface area contributed by atoms with Gasteiger partial charge >= 0.3 is 6.03 Å². The number of rotatable bonds is 2. The molecule has 0 saturated heterocycles. The van der Waals surface area contributed by atoms with Gasteiger partial charge in [0.25, 0.3) is 0 Å². The second-order valence-electron chi connectivity index (χ2n) is 6.64. The van der Waals surface area contributed by atoms with Crippen molar-refractivity contribution in [3.63, 3.8) is 0 Å². The number of amides is 2. The van der Waals surface area contributed by atoms with Crippen molar-refractivity contribution >= 4 is 11.9 Å². The summed E-state index contributed by atoms with van der Waals surface area (Å²) in [5.41, 5.74) is 5.95. The minimum absolute atomic E-state index is 0.110. The lowest BCUT2D eigenvalue weighted by Gasteiger charge is -2.38. The molecule has 1 spiro atoms. The Labute approximate surface area is 129 Å². The first-order chi connectivity index (χ1) is 10.2. The van der Waals surface area contributed by atoms with E-state index in [1.54, 1.807) is 0 Å². The van der Waals surface area contributed by atoms with Crippen molar-refractivity contribution in [3.8, 4) is 0 Å². The lowest BCUT2D eigenvalue weighted by atomic mass is 9.83. The van der Waals surface area contributed by atoms with Crippen LogP contribution in [0.1, 0.15) is 84.0 Å². The summed E-state index contributed by atoms with van der Waals surface area (Å²) in [6.07, 6.45) is 14.5. The Morgan fingerprint density at radius 2 is 1.48 bits per heavy atom. The zero-order valence-electron chi connectivity index (χ0n) is 13.6. The number of hydrogen-bond acceptors (Lipinski definition) is 2. The molecule has 4 nitrogen and oxygen atoms in total. The lowest BCUT2D eigenvalue weighted by Crippen LogP contribution is -2.54. The van der Waals surface area contributed by atoms with Crippen LogP contribution in [0.4, 0.5) is 4.79 Å². The van der Waals surface area contributed by atoms with Crippen LogP contribution in [0.3, 0.4) is 0 Å². The van der Waals surface area contributed by atoms with Gasteiger partial charge in [-0.2, -0.15) is 4.99 Å². The Balaban J connectivity index is 2.12. The summed E-state index contributed by atoms with van der Waals surface area (Å²) >= 11 is 0. The fraction of sp³-hybridized carbons (Fsp3) is 0.882. The first-order valence-corrected chi connectivity index (χ1v) is 8.87. The van der Waals surface area contributed by atoms with Crippen LogP contribution in [-0.4, -0.2) is 28.9 Å². The number of carbonyl (C=O) groups excluding carboxylic acids is 1. The Morgan fingerprint density at radius 3 is 1.95 bits per heavy atom. The fourth-order valence-corrected chi connectivity index (χ4v) is 3.85. The molecule has 0 atom stereocenters. The zero-order valence-corrected chi connectivity index (χ0v) is 13.6. The molecule has 4 heteroatoms. The van der Waals surface area contributed by atoms with Crippen LogP contribution in [0.5, 0.6) is 0 Å². The normalized spacial score (nSPS) is 24.5. The van der Waals surface area contributed by atoms with E-state index < -0.39 is 0 Å². The Kier molecular flexibility index (Phi) is 6.07. The SMILES string of the molecule is CCCN1C(=O)N=C(N)C12CCCCCCCCCCC2. The van der Waals surface area contributed by atoms with Crippen molar-refractivity contribution in [2.75, 3.05) is 6.54 Å². The number of hydrogen-bond donors (Lipinski definition) is 1. The van der Waals surface area contributed by atoms with Crippen LogP contribution in [0, 0.1) is 0 Å². The highest BCUT2D eigenvalue weighted by molar-refractivity contribution is 6.05. The van der Waals surface area contributed by atoms with Gasteiger partial charge in [0.15, 0.2) is 0 Å². The maximum Gasteiger partial charge on any atom is 0.346 e. The van der Waals surface area contributed by atoms with Crippen molar-refractivity contribution < 1.29 is 4.79 Å². The monoisotopic (exact) mass is 293 g/mol. The van der Waals surface area contributed by atoms with Crippen LogP contribution >= 0.6 is 0 Å². The fourth-order valence-electron chi connectivity index (χ4n) is 3.85. The minimum Gasteiger partial charge on any atom is -0.385 e. The second-order valence-corrected chi connectivity index (χ2v) is 6.64. The number of nitrogens with two attached hydrogens (primary N) is 1. The summed E-state index contributed by atoms with van der Waals surface area (Å²) in [5, 5.41) is 0. The Bertz CT molecular complexity index is 366. The number of nitrogens with zero attached hydrogens (tertiary/aromatic N) is 2. The molecular formula is C17H31N3O. The van der Waals surface area contributed by atoms with E-state index in [-0.39, 0.29) is 11.6 Å². The molecule has 0 aromatic carbocycles. The molecular weight excluding hydrogens is 262 g/mol. The summed E-state index contributed by atoms with van der Waals surface area (Å²) in [6.45, 7) is 2.90. The van der Waals surface area contributed by atoms with Gasteiger partial charge in [0, 0.05) is 6.54 Å². The molecule has 0 radical (unpaired) electrons. The number of aliphatic imine (C=N–C) groups is 1. The molecule has 0 aromatic heterocycles. The highest BCUT2D eigenvalue weighted by Crippen LogP contribution is 2.35. The third-order valence-electron chi connectivity index (χ3n) is 5.07. The first-order valence-electron chi connectivity index (χ1n) is 8.87. The third-order valence-corrected chi connectivity index (χ3v) is 5.07. The largest absolute Gasteiger partial charge is 0.385 e. The van der Waals surface area contributed by atoms with E-state index in [4.69, 9.17) is 5.73 Å². The van der Waals surface area contributed by atoms with E-state index in [0.717, 1.165) is 38.6 Å². The van der Waals surface area contributed by atoms with Gasteiger partial charge in [0.2, 0.25) is 0 Å². The summed E-state index contributed by atoms with van der Waals surface area (Å²) in [6, 6.07) is -0.110. The van der Waals surface area contributed by atoms with Gasteiger partial charge in [-0.3, -0.25) is 0 Å². The van der Waals surface area contributed by atoms with Gasteiger partial charge in [-0.05, 0) is 19.3 Å². The summed E-state index contributed by atoms with van der Waals surface area (Å²) in [5.74, 6) is 0.581. The first kappa shape index (κ1) is 16.3. The van der Waals surface area contributed by atoms with Gasteiger partial charge in [0.05, 0.1) is 0 Å². The average Bonchev–Trinajstić information content (AvgIpc) is 2.67. The van der Waals surface area contributed by atoms with E-state index in [2.05, 4.69) is 11.9 Å². The molecule has 120 valence electrons. The number of urea groups is 1. The molecule has 1 heterocycles. The van der Waals surface area contributed by atoms with Gasteiger partial charge in [-0.15, -0.1) is 0 Å². The molecule has 2 rings (SSSR count). The average molecular weight is 293 g/mol. The van der Waals surface area contributed by atoms with Crippen LogP contribution < -0.4 is 5.73 Å². The van der Waals surface area contributed by atoms with E-state index in [0.29, 0.717) is 5.84 Å². The van der Waals surface area contributed by atoms with E-state index in [1.165, 1.54) is 44.9 Å². The smallest absolute Gasteiger partial charge is 0.346 e. The molecule has 0 aromatic rings. The lowest BCUT2D eigenvalue weighted by molar-refractivity contribution is 0.153. The van der Waals surface area contributed by atoms with E-state index >= 15 is 0 Å². The van der Waals surface area contributed by atoms with Crippen LogP contribution in [0.15, 0.2) is 4.99 Å². The second kappa shape index (κ2) is 7.81. The van der Waals surface area contributed by atoms with Gasteiger partial charge in [-0.1, -0.05) is 64.7 Å². The standard InChI is InChI=1S/C17H31N3O/c1-2-14-20-16(21)19-15(18)17(20)12-10-8-6-4-3-5-7-9-11-13-17/h2-14H2,1H3,(H2,18,19,21). The maximum atomic E-state index is 12.2. The van der Waals surface area contributed by atoms with Crippen molar-refractivity contribution in [3.05, 3.63) is 0 Å². The van der Waals surface area contributed by atoms with Crippen molar-refractivity contribution in [2.24, 2.45) is 10.7 Å². The van der Waals surface area contributed by atoms with Crippen LogP contribution in [-0.2, 0) is 0 Å².